The van der Waals surface area contributed by atoms with Crippen LogP contribution < -0.4 is 15.5 Å². The van der Waals surface area contributed by atoms with Crippen LogP contribution in [0.1, 0.15) is 5.69 Å². The molecule has 5 aromatic rings. The molecule has 0 saturated heterocycles. The number of benzene rings is 3. The largest absolute Gasteiger partial charge is 0.487 e. The molecule has 0 atom stereocenters. The molecule has 5 rings (SSSR count). The third-order valence-corrected chi connectivity index (χ3v) is 5.11. The first-order chi connectivity index (χ1) is 15.8. The van der Waals surface area contributed by atoms with Crippen molar-refractivity contribution >= 4 is 22.5 Å². The predicted octanol–water partition coefficient (Wildman–Crippen LogP) is 5.71. The van der Waals surface area contributed by atoms with Crippen molar-refractivity contribution in [3.63, 3.8) is 0 Å². The molecule has 1 N–H and O–H groups in total. The lowest BCUT2D eigenvalue weighted by molar-refractivity contribution is 0.301. The minimum atomic E-state index is -0.0892. The van der Waals surface area contributed by atoms with E-state index < -0.39 is 0 Å². The van der Waals surface area contributed by atoms with Gasteiger partial charge in [-0.15, -0.1) is 0 Å². The van der Waals surface area contributed by atoms with Crippen LogP contribution in [0.25, 0.3) is 16.7 Å². The number of aromatic nitrogens is 2. The molecule has 156 valence electrons. The van der Waals surface area contributed by atoms with Gasteiger partial charge < -0.3 is 10.1 Å². The highest BCUT2D eigenvalue weighted by Gasteiger charge is 2.13. The molecule has 0 fully saturated rings. The van der Waals surface area contributed by atoms with Crippen molar-refractivity contribution in [3.05, 3.63) is 125 Å². The summed E-state index contributed by atoms with van der Waals surface area (Å²) < 4.78 is 7.85. The van der Waals surface area contributed by atoms with E-state index in [1.54, 1.807) is 6.07 Å². The number of hydrogen-bond donors (Lipinski definition) is 1. The average Bonchev–Trinajstić information content (AvgIpc) is 2.85. The molecule has 5 heteroatoms. The quantitative estimate of drug-likeness (QED) is 0.383. The van der Waals surface area contributed by atoms with Gasteiger partial charge in [-0.3, -0.25) is 9.36 Å². The number of fused-ring (bicyclic) bond motifs is 1. The van der Waals surface area contributed by atoms with Gasteiger partial charge in [-0.05, 0) is 48.5 Å². The molecule has 0 aliphatic heterocycles. The molecule has 5 nitrogen and oxygen atoms in total. The van der Waals surface area contributed by atoms with Gasteiger partial charge in [-0.2, -0.15) is 0 Å². The van der Waals surface area contributed by atoms with E-state index in [0.29, 0.717) is 23.5 Å². The highest BCUT2D eigenvalue weighted by molar-refractivity contribution is 5.81. The third-order valence-electron chi connectivity index (χ3n) is 5.11. The Balaban J connectivity index is 1.63. The molecule has 0 saturated carbocycles. The Bertz CT molecular complexity index is 1400. The molecule has 0 bridgehead atoms. The first kappa shape index (κ1) is 19.6. The Morgan fingerprint density at radius 2 is 1.44 bits per heavy atom. The summed E-state index contributed by atoms with van der Waals surface area (Å²) in [6.07, 6.45) is 0. The summed E-state index contributed by atoms with van der Waals surface area (Å²) >= 11 is 0. The van der Waals surface area contributed by atoms with Crippen molar-refractivity contribution in [2.24, 2.45) is 0 Å². The highest BCUT2D eigenvalue weighted by atomic mass is 16.5. The van der Waals surface area contributed by atoms with Crippen LogP contribution in [-0.2, 0) is 6.61 Å². The van der Waals surface area contributed by atoms with Crippen molar-refractivity contribution in [3.8, 4) is 11.4 Å². The monoisotopic (exact) mass is 419 g/mol. The van der Waals surface area contributed by atoms with Gasteiger partial charge in [0, 0.05) is 17.4 Å². The number of rotatable bonds is 6. The van der Waals surface area contributed by atoms with Crippen LogP contribution in [0.5, 0.6) is 5.75 Å². The summed E-state index contributed by atoms with van der Waals surface area (Å²) in [5.74, 6) is 1.42. The number of hydrogen-bond acceptors (Lipinski definition) is 4. The topological polar surface area (TPSA) is 56.2 Å². The van der Waals surface area contributed by atoms with Gasteiger partial charge in [0.1, 0.15) is 23.8 Å². The first-order valence-corrected chi connectivity index (χ1v) is 10.4. The summed E-state index contributed by atoms with van der Waals surface area (Å²) in [5, 5.41) is 3.92. The van der Waals surface area contributed by atoms with E-state index in [1.165, 1.54) is 0 Å². The Morgan fingerprint density at radius 3 is 2.16 bits per heavy atom. The summed E-state index contributed by atoms with van der Waals surface area (Å²) in [5.41, 5.74) is 3.02. The SMILES string of the molecule is O=c1cc(Nc2ccccc2)n(-c2ccccc2)c2nc(COc3ccccc3)ccc12. The number of pyridine rings is 2. The van der Waals surface area contributed by atoms with E-state index in [2.05, 4.69) is 5.32 Å². The molecule has 32 heavy (non-hydrogen) atoms. The van der Waals surface area contributed by atoms with E-state index in [1.807, 2.05) is 108 Å². The van der Waals surface area contributed by atoms with E-state index in [9.17, 15) is 4.79 Å². The molecule has 0 aliphatic carbocycles. The van der Waals surface area contributed by atoms with Gasteiger partial charge in [0.15, 0.2) is 5.43 Å². The van der Waals surface area contributed by atoms with Crippen LogP contribution in [0.2, 0.25) is 0 Å². The minimum Gasteiger partial charge on any atom is -0.487 e. The van der Waals surface area contributed by atoms with E-state index >= 15 is 0 Å². The maximum absolute atomic E-state index is 12.9. The second kappa shape index (κ2) is 8.78. The normalized spacial score (nSPS) is 10.8. The van der Waals surface area contributed by atoms with Crippen LogP contribution in [0.3, 0.4) is 0 Å². The Kier molecular flexibility index (Phi) is 5.37. The van der Waals surface area contributed by atoms with Gasteiger partial charge in [-0.1, -0.05) is 54.6 Å². The van der Waals surface area contributed by atoms with E-state index in [0.717, 1.165) is 22.8 Å². The molecule has 2 heterocycles. The van der Waals surface area contributed by atoms with Crippen molar-refractivity contribution in [2.45, 2.75) is 6.61 Å². The molecule has 2 aromatic heterocycles. The van der Waals surface area contributed by atoms with Crippen LogP contribution in [0.4, 0.5) is 11.5 Å². The smallest absolute Gasteiger partial charge is 0.193 e. The summed E-state index contributed by atoms with van der Waals surface area (Å²) in [7, 11) is 0. The Labute approximate surface area is 185 Å². The molecule has 0 spiro atoms. The molecule has 3 aromatic carbocycles. The second-order valence-corrected chi connectivity index (χ2v) is 7.33. The lowest BCUT2D eigenvalue weighted by Crippen LogP contribution is -2.14. The van der Waals surface area contributed by atoms with Gasteiger partial charge in [0.2, 0.25) is 0 Å². The van der Waals surface area contributed by atoms with Crippen molar-refractivity contribution in [1.82, 2.24) is 9.55 Å². The Morgan fingerprint density at radius 1 is 0.781 bits per heavy atom. The standard InChI is InChI=1S/C27H21N3O2/c31-25-18-26(28-20-10-4-1-5-11-20)30(22-12-6-2-7-13-22)27-24(25)17-16-21(29-27)19-32-23-14-8-3-9-15-23/h1-18,28H,19H2. The second-order valence-electron chi connectivity index (χ2n) is 7.33. The number of para-hydroxylation sites is 3. The van der Waals surface area contributed by atoms with Crippen LogP contribution in [-0.4, -0.2) is 9.55 Å². The molecule has 0 amide bonds. The lowest BCUT2D eigenvalue weighted by atomic mass is 10.2. The van der Waals surface area contributed by atoms with Crippen LogP contribution >= 0.6 is 0 Å². The van der Waals surface area contributed by atoms with Gasteiger partial charge >= 0.3 is 0 Å². The molecule has 0 unspecified atom stereocenters. The first-order valence-electron chi connectivity index (χ1n) is 10.4. The van der Waals surface area contributed by atoms with E-state index in [-0.39, 0.29) is 5.43 Å². The van der Waals surface area contributed by atoms with E-state index in [4.69, 9.17) is 9.72 Å². The third kappa shape index (κ3) is 4.09. The zero-order chi connectivity index (χ0) is 21.8. The Hall–Kier alpha value is -4.38. The van der Waals surface area contributed by atoms with Gasteiger partial charge in [-0.25, -0.2) is 4.98 Å². The zero-order valence-corrected chi connectivity index (χ0v) is 17.3. The predicted molar refractivity (Wildman–Crippen MR) is 128 cm³/mol. The summed E-state index contributed by atoms with van der Waals surface area (Å²) in [6.45, 7) is 0.305. The molecule has 0 aliphatic rings. The number of nitrogens with one attached hydrogen (secondary N) is 1. The van der Waals surface area contributed by atoms with Crippen molar-refractivity contribution in [1.29, 1.82) is 0 Å². The fourth-order valence-corrected chi connectivity index (χ4v) is 3.59. The maximum Gasteiger partial charge on any atom is 0.193 e. The highest BCUT2D eigenvalue weighted by Crippen LogP contribution is 2.24. The lowest BCUT2D eigenvalue weighted by Gasteiger charge is -2.18. The molecular weight excluding hydrogens is 398 g/mol. The molecule has 0 radical (unpaired) electrons. The maximum atomic E-state index is 12.9. The molecular formula is C27H21N3O2. The summed E-state index contributed by atoms with van der Waals surface area (Å²) in [6, 6.07) is 34.5. The summed E-state index contributed by atoms with van der Waals surface area (Å²) in [4.78, 5) is 17.8. The minimum absolute atomic E-state index is 0.0892. The van der Waals surface area contributed by atoms with Crippen molar-refractivity contribution in [2.75, 3.05) is 5.32 Å². The number of nitrogens with zero attached hydrogens (tertiary/aromatic N) is 2. The average molecular weight is 419 g/mol. The number of anilines is 2. The van der Waals surface area contributed by atoms with Gasteiger partial charge in [0.05, 0.1) is 11.1 Å². The van der Waals surface area contributed by atoms with Crippen molar-refractivity contribution < 1.29 is 4.74 Å². The number of ether oxygens (including phenoxy) is 1. The fourth-order valence-electron chi connectivity index (χ4n) is 3.59. The zero-order valence-electron chi connectivity index (χ0n) is 17.3. The van der Waals surface area contributed by atoms with Crippen LogP contribution in [0.15, 0.2) is 114 Å². The fraction of sp³-hybridized carbons (Fsp3) is 0.0370. The van der Waals surface area contributed by atoms with Crippen LogP contribution in [0, 0.1) is 0 Å². The van der Waals surface area contributed by atoms with Gasteiger partial charge in [0.25, 0.3) is 0 Å².